The highest BCUT2D eigenvalue weighted by atomic mass is 19.3. The number of ether oxygens (including phenoxy) is 1. The molecule has 102 valence electrons. The Labute approximate surface area is 107 Å². The molecule has 0 aromatic heterocycles. The molecule has 1 aromatic carbocycles. The molecule has 0 heterocycles. The maximum absolute atomic E-state index is 12.2. The number of benzene rings is 1. The molecule has 0 atom stereocenters. The van der Waals surface area contributed by atoms with Crippen molar-refractivity contribution >= 4 is 0 Å². The zero-order valence-electron chi connectivity index (χ0n) is 11.2. The van der Waals surface area contributed by atoms with Crippen LogP contribution in [0.3, 0.4) is 0 Å². The third kappa shape index (κ3) is 5.00. The third-order valence-electron chi connectivity index (χ3n) is 3.06. The highest BCUT2D eigenvalue weighted by molar-refractivity contribution is 5.33. The van der Waals surface area contributed by atoms with Crippen molar-refractivity contribution < 1.29 is 13.5 Å². The lowest BCUT2D eigenvalue weighted by Gasteiger charge is -2.23. The van der Waals surface area contributed by atoms with Crippen molar-refractivity contribution in [1.82, 2.24) is 5.32 Å². The number of alkyl halides is 2. The molecule has 0 fully saturated rings. The maximum atomic E-state index is 12.2. The summed E-state index contributed by atoms with van der Waals surface area (Å²) in [7, 11) is 0. The van der Waals surface area contributed by atoms with Crippen molar-refractivity contribution in [3.05, 3.63) is 29.8 Å². The molecule has 0 aliphatic heterocycles. The largest absolute Gasteiger partial charge is 0.434 e. The van der Waals surface area contributed by atoms with Gasteiger partial charge in [-0.1, -0.05) is 39.0 Å². The SMILES string of the molecule is CCC(C)(C)CNCc1ccccc1OC(F)F. The summed E-state index contributed by atoms with van der Waals surface area (Å²) in [6.45, 7) is 5.07. The first-order chi connectivity index (χ1) is 8.44. The first kappa shape index (κ1) is 14.9. The molecular weight excluding hydrogens is 236 g/mol. The molecule has 0 radical (unpaired) electrons. The van der Waals surface area contributed by atoms with Crippen LogP contribution in [-0.2, 0) is 6.54 Å². The van der Waals surface area contributed by atoms with Gasteiger partial charge in [0, 0.05) is 18.7 Å². The third-order valence-corrected chi connectivity index (χ3v) is 3.06. The predicted molar refractivity (Wildman–Crippen MR) is 68.9 cm³/mol. The molecule has 2 nitrogen and oxygen atoms in total. The molecule has 0 aliphatic carbocycles. The van der Waals surface area contributed by atoms with E-state index in [9.17, 15) is 8.78 Å². The zero-order chi connectivity index (χ0) is 13.6. The second-order valence-corrected chi connectivity index (χ2v) is 5.11. The van der Waals surface area contributed by atoms with E-state index in [-0.39, 0.29) is 11.2 Å². The molecule has 0 spiro atoms. The molecule has 1 N–H and O–H groups in total. The van der Waals surface area contributed by atoms with Crippen LogP contribution in [0.5, 0.6) is 5.75 Å². The van der Waals surface area contributed by atoms with Crippen molar-refractivity contribution in [3.8, 4) is 5.75 Å². The van der Waals surface area contributed by atoms with Crippen molar-refractivity contribution in [1.29, 1.82) is 0 Å². The summed E-state index contributed by atoms with van der Waals surface area (Å²) in [5, 5.41) is 3.28. The van der Waals surface area contributed by atoms with Gasteiger partial charge < -0.3 is 10.1 Å². The van der Waals surface area contributed by atoms with Gasteiger partial charge in [-0.15, -0.1) is 0 Å². The Bertz CT molecular complexity index is 367. The normalized spacial score (nSPS) is 11.9. The van der Waals surface area contributed by atoms with E-state index in [0.717, 1.165) is 18.5 Å². The Morgan fingerprint density at radius 1 is 1.28 bits per heavy atom. The Morgan fingerprint density at radius 2 is 1.94 bits per heavy atom. The Morgan fingerprint density at radius 3 is 2.56 bits per heavy atom. The Balaban J connectivity index is 2.56. The van der Waals surface area contributed by atoms with Crippen LogP contribution >= 0.6 is 0 Å². The van der Waals surface area contributed by atoms with E-state index in [4.69, 9.17) is 0 Å². The van der Waals surface area contributed by atoms with Gasteiger partial charge in [-0.3, -0.25) is 0 Å². The number of para-hydroxylation sites is 1. The van der Waals surface area contributed by atoms with Crippen LogP contribution in [0.4, 0.5) is 8.78 Å². The minimum atomic E-state index is -2.78. The topological polar surface area (TPSA) is 21.3 Å². The molecule has 0 aliphatic rings. The van der Waals surface area contributed by atoms with E-state index in [0.29, 0.717) is 6.54 Å². The first-order valence-corrected chi connectivity index (χ1v) is 6.18. The molecule has 0 unspecified atom stereocenters. The lowest BCUT2D eigenvalue weighted by molar-refractivity contribution is -0.0505. The summed E-state index contributed by atoms with van der Waals surface area (Å²) in [5.41, 5.74) is 0.961. The van der Waals surface area contributed by atoms with Gasteiger partial charge in [0.1, 0.15) is 5.75 Å². The standard InChI is InChI=1S/C14H21F2NO/c1-4-14(2,3)10-17-9-11-7-5-6-8-12(11)18-13(15)16/h5-8,13,17H,4,9-10H2,1-3H3. The van der Waals surface area contributed by atoms with Crippen LogP contribution in [0, 0.1) is 5.41 Å². The average molecular weight is 257 g/mol. The molecule has 0 saturated carbocycles. The van der Waals surface area contributed by atoms with Crippen molar-refractivity contribution in [3.63, 3.8) is 0 Å². The van der Waals surface area contributed by atoms with Crippen LogP contribution in [0.2, 0.25) is 0 Å². The van der Waals surface area contributed by atoms with Crippen molar-refractivity contribution in [2.24, 2.45) is 5.41 Å². The fourth-order valence-electron chi connectivity index (χ4n) is 1.52. The van der Waals surface area contributed by atoms with Gasteiger partial charge >= 0.3 is 6.61 Å². The fraction of sp³-hybridized carbons (Fsp3) is 0.571. The van der Waals surface area contributed by atoms with E-state index >= 15 is 0 Å². The molecule has 0 amide bonds. The summed E-state index contributed by atoms with van der Waals surface area (Å²) in [6.07, 6.45) is 1.06. The second-order valence-electron chi connectivity index (χ2n) is 5.11. The number of nitrogens with one attached hydrogen (secondary N) is 1. The Hall–Kier alpha value is -1.16. The van der Waals surface area contributed by atoms with E-state index in [1.54, 1.807) is 18.2 Å². The first-order valence-electron chi connectivity index (χ1n) is 6.18. The van der Waals surface area contributed by atoms with E-state index < -0.39 is 6.61 Å². The minimum Gasteiger partial charge on any atom is -0.434 e. The van der Waals surface area contributed by atoms with Crippen LogP contribution in [0.1, 0.15) is 32.8 Å². The van der Waals surface area contributed by atoms with Crippen LogP contribution in [0.15, 0.2) is 24.3 Å². The number of rotatable bonds is 7. The van der Waals surface area contributed by atoms with Crippen molar-refractivity contribution in [2.75, 3.05) is 6.54 Å². The predicted octanol–water partition coefficient (Wildman–Crippen LogP) is 3.81. The molecule has 4 heteroatoms. The highest BCUT2D eigenvalue weighted by Gasteiger charge is 2.15. The average Bonchev–Trinajstić information content (AvgIpc) is 2.30. The number of hydrogen-bond donors (Lipinski definition) is 1. The number of halogens is 2. The van der Waals surface area contributed by atoms with Gasteiger partial charge in [0.05, 0.1) is 0 Å². The fourth-order valence-corrected chi connectivity index (χ4v) is 1.52. The lowest BCUT2D eigenvalue weighted by atomic mass is 9.90. The van der Waals surface area contributed by atoms with Crippen LogP contribution in [-0.4, -0.2) is 13.2 Å². The zero-order valence-corrected chi connectivity index (χ0v) is 11.2. The van der Waals surface area contributed by atoms with Gasteiger partial charge in [-0.25, -0.2) is 0 Å². The molecule has 1 aromatic rings. The highest BCUT2D eigenvalue weighted by Crippen LogP contribution is 2.21. The molecule has 0 bridgehead atoms. The van der Waals surface area contributed by atoms with Gasteiger partial charge in [-0.2, -0.15) is 8.78 Å². The summed E-state index contributed by atoms with van der Waals surface area (Å²) < 4.78 is 28.9. The second kappa shape index (κ2) is 6.69. The van der Waals surface area contributed by atoms with E-state index in [2.05, 4.69) is 30.8 Å². The quantitative estimate of drug-likeness (QED) is 0.802. The monoisotopic (exact) mass is 257 g/mol. The smallest absolute Gasteiger partial charge is 0.387 e. The van der Waals surface area contributed by atoms with Crippen molar-refractivity contribution in [2.45, 2.75) is 40.3 Å². The van der Waals surface area contributed by atoms with Gasteiger partial charge in [0.25, 0.3) is 0 Å². The summed E-state index contributed by atoms with van der Waals surface area (Å²) in [5.74, 6) is 0.245. The summed E-state index contributed by atoms with van der Waals surface area (Å²) in [6, 6.07) is 6.87. The van der Waals surface area contributed by atoms with Crippen LogP contribution in [0.25, 0.3) is 0 Å². The lowest BCUT2D eigenvalue weighted by Crippen LogP contribution is -2.28. The number of hydrogen-bond acceptors (Lipinski definition) is 2. The molecule has 0 saturated heterocycles. The summed E-state index contributed by atoms with van der Waals surface area (Å²) >= 11 is 0. The molecule has 1 rings (SSSR count). The Kier molecular flexibility index (Phi) is 5.54. The van der Waals surface area contributed by atoms with Gasteiger partial charge in [0.15, 0.2) is 0 Å². The van der Waals surface area contributed by atoms with Gasteiger partial charge in [-0.05, 0) is 17.9 Å². The summed E-state index contributed by atoms with van der Waals surface area (Å²) in [4.78, 5) is 0. The minimum absolute atomic E-state index is 0.207. The molecular formula is C14H21F2NO. The van der Waals surface area contributed by atoms with E-state index in [1.165, 1.54) is 0 Å². The van der Waals surface area contributed by atoms with E-state index in [1.807, 2.05) is 6.07 Å². The maximum Gasteiger partial charge on any atom is 0.387 e. The van der Waals surface area contributed by atoms with Crippen LogP contribution < -0.4 is 10.1 Å². The van der Waals surface area contributed by atoms with Gasteiger partial charge in [0.2, 0.25) is 0 Å². The molecule has 18 heavy (non-hydrogen) atoms.